The summed E-state index contributed by atoms with van der Waals surface area (Å²) in [5.41, 5.74) is 0.727. The molecule has 0 radical (unpaired) electrons. The number of aliphatic hydroxyl groups is 1. The van der Waals surface area contributed by atoms with E-state index in [4.69, 9.17) is 4.74 Å². The predicted octanol–water partition coefficient (Wildman–Crippen LogP) is 3.20. The first-order chi connectivity index (χ1) is 10.1. The summed E-state index contributed by atoms with van der Waals surface area (Å²) in [6.07, 6.45) is 2.70. The van der Waals surface area contributed by atoms with Crippen molar-refractivity contribution in [2.75, 3.05) is 6.54 Å². The Morgan fingerprint density at radius 3 is 2.67 bits per heavy atom. The van der Waals surface area contributed by atoms with Crippen LogP contribution in [0.15, 0.2) is 24.3 Å². The third-order valence-corrected chi connectivity index (χ3v) is 3.42. The van der Waals surface area contributed by atoms with Crippen molar-refractivity contribution in [1.82, 2.24) is 5.32 Å². The molecular weight excluding hydrogens is 266 g/mol. The van der Waals surface area contributed by atoms with Gasteiger partial charge in [-0.25, -0.2) is 0 Å². The van der Waals surface area contributed by atoms with Crippen molar-refractivity contribution in [3.63, 3.8) is 0 Å². The number of aliphatic hydroxyl groups excluding tert-OH is 1. The number of nitrogens with one attached hydrogen (secondary N) is 1. The van der Waals surface area contributed by atoms with Crippen LogP contribution in [0.4, 0.5) is 0 Å². The molecule has 2 atom stereocenters. The van der Waals surface area contributed by atoms with Gasteiger partial charge in [-0.15, -0.1) is 0 Å². The number of hydrogen-bond donors (Lipinski definition) is 2. The van der Waals surface area contributed by atoms with Crippen molar-refractivity contribution in [2.45, 2.75) is 58.7 Å². The lowest BCUT2D eigenvalue weighted by Crippen LogP contribution is -2.37. The van der Waals surface area contributed by atoms with Gasteiger partial charge >= 0.3 is 0 Å². The average molecular weight is 293 g/mol. The molecule has 0 saturated heterocycles. The molecule has 1 aromatic carbocycles. The van der Waals surface area contributed by atoms with Gasteiger partial charge in [-0.05, 0) is 25.8 Å². The van der Waals surface area contributed by atoms with Crippen LogP contribution in [0, 0.1) is 0 Å². The van der Waals surface area contributed by atoms with Crippen LogP contribution < -0.4 is 10.1 Å². The van der Waals surface area contributed by atoms with Crippen molar-refractivity contribution >= 4 is 5.91 Å². The molecule has 0 aromatic heterocycles. The number of benzene rings is 1. The van der Waals surface area contributed by atoms with Crippen LogP contribution in [0.1, 0.15) is 58.1 Å². The molecule has 21 heavy (non-hydrogen) atoms. The zero-order valence-corrected chi connectivity index (χ0v) is 13.3. The van der Waals surface area contributed by atoms with Crippen LogP contribution in [0.3, 0.4) is 0 Å². The fourth-order valence-corrected chi connectivity index (χ4v) is 2.06. The Hall–Kier alpha value is -1.55. The number of unbranched alkanes of at least 4 members (excludes halogenated alkanes) is 2. The summed E-state index contributed by atoms with van der Waals surface area (Å²) in [5.74, 6) is 0.454. The summed E-state index contributed by atoms with van der Waals surface area (Å²) in [5, 5.41) is 12.9. The summed E-state index contributed by atoms with van der Waals surface area (Å²) in [6, 6.07) is 7.31. The summed E-state index contributed by atoms with van der Waals surface area (Å²) in [6.45, 7) is 6.44. The molecule has 0 saturated carbocycles. The maximum atomic E-state index is 12.0. The molecule has 4 nitrogen and oxygen atoms in total. The zero-order chi connectivity index (χ0) is 15.7. The third kappa shape index (κ3) is 5.76. The first-order valence-corrected chi connectivity index (χ1v) is 7.81. The molecule has 0 fully saturated rings. The minimum absolute atomic E-state index is 0.119. The fourth-order valence-electron chi connectivity index (χ4n) is 2.06. The number of ether oxygens (including phenoxy) is 1. The van der Waals surface area contributed by atoms with Crippen molar-refractivity contribution in [2.24, 2.45) is 0 Å². The fraction of sp³-hybridized carbons (Fsp3) is 0.588. The monoisotopic (exact) mass is 293 g/mol. The van der Waals surface area contributed by atoms with Gasteiger partial charge in [-0.1, -0.05) is 44.9 Å². The van der Waals surface area contributed by atoms with Crippen LogP contribution in [0.5, 0.6) is 5.75 Å². The van der Waals surface area contributed by atoms with Gasteiger partial charge < -0.3 is 15.2 Å². The van der Waals surface area contributed by atoms with Gasteiger partial charge in [-0.2, -0.15) is 0 Å². The van der Waals surface area contributed by atoms with E-state index in [0.717, 1.165) is 24.8 Å². The SMILES string of the molecule is CCCCCNC(=O)C(C)Oc1ccccc1[C@@H](O)CC. The minimum atomic E-state index is -0.572. The smallest absolute Gasteiger partial charge is 0.260 e. The van der Waals surface area contributed by atoms with E-state index in [9.17, 15) is 9.90 Å². The Kier molecular flexibility index (Phi) is 7.83. The second-order valence-corrected chi connectivity index (χ2v) is 5.22. The lowest BCUT2D eigenvalue weighted by atomic mass is 10.1. The van der Waals surface area contributed by atoms with E-state index < -0.39 is 12.2 Å². The zero-order valence-electron chi connectivity index (χ0n) is 13.3. The molecule has 0 heterocycles. The van der Waals surface area contributed by atoms with E-state index in [1.165, 1.54) is 0 Å². The molecule has 4 heteroatoms. The summed E-state index contributed by atoms with van der Waals surface area (Å²) in [4.78, 5) is 12.0. The van der Waals surface area contributed by atoms with Gasteiger partial charge in [-0.3, -0.25) is 4.79 Å². The number of amides is 1. The molecule has 118 valence electrons. The Bertz CT molecular complexity index is 434. The Balaban J connectivity index is 2.58. The summed E-state index contributed by atoms with van der Waals surface area (Å²) < 4.78 is 5.72. The lowest BCUT2D eigenvalue weighted by Gasteiger charge is -2.19. The third-order valence-electron chi connectivity index (χ3n) is 3.42. The van der Waals surface area contributed by atoms with E-state index >= 15 is 0 Å². The number of carbonyl (C=O) groups excluding carboxylic acids is 1. The number of rotatable bonds is 9. The van der Waals surface area contributed by atoms with Crippen molar-refractivity contribution in [3.8, 4) is 5.75 Å². The second kappa shape index (κ2) is 9.40. The van der Waals surface area contributed by atoms with Gasteiger partial charge in [0.05, 0.1) is 6.10 Å². The highest BCUT2D eigenvalue weighted by atomic mass is 16.5. The van der Waals surface area contributed by atoms with E-state index in [0.29, 0.717) is 18.7 Å². The predicted molar refractivity (Wildman–Crippen MR) is 84.3 cm³/mol. The maximum Gasteiger partial charge on any atom is 0.260 e. The quantitative estimate of drug-likeness (QED) is 0.687. The molecule has 0 aliphatic carbocycles. The van der Waals surface area contributed by atoms with Crippen LogP contribution >= 0.6 is 0 Å². The molecular formula is C17H27NO3. The molecule has 1 aromatic rings. The molecule has 1 unspecified atom stereocenters. The minimum Gasteiger partial charge on any atom is -0.481 e. The van der Waals surface area contributed by atoms with Crippen molar-refractivity contribution in [3.05, 3.63) is 29.8 Å². The summed E-state index contributed by atoms with van der Waals surface area (Å²) >= 11 is 0. The van der Waals surface area contributed by atoms with Crippen molar-refractivity contribution < 1.29 is 14.6 Å². The van der Waals surface area contributed by atoms with Gasteiger partial charge in [0.15, 0.2) is 6.10 Å². The molecule has 0 bridgehead atoms. The first-order valence-electron chi connectivity index (χ1n) is 7.81. The van der Waals surface area contributed by atoms with E-state index in [2.05, 4.69) is 12.2 Å². The molecule has 2 N–H and O–H groups in total. The Morgan fingerprint density at radius 1 is 1.29 bits per heavy atom. The Labute approximate surface area is 127 Å². The normalized spacial score (nSPS) is 13.5. The van der Waals surface area contributed by atoms with E-state index in [1.54, 1.807) is 13.0 Å². The van der Waals surface area contributed by atoms with Crippen LogP contribution in [0.25, 0.3) is 0 Å². The Morgan fingerprint density at radius 2 is 2.00 bits per heavy atom. The van der Waals surface area contributed by atoms with Gasteiger partial charge in [0, 0.05) is 12.1 Å². The van der Waals surface area contributed by atoms with Crippen LogP contribution in [-0.4, -0.2) is 23.7 Å². The molecule has 1 rings (SSSR count). The van der Waals surface area contributed by atoms with Crippen molar-refractivity contribution in [1.29, 1.82) is 0 Å². The number of para-hydroxylation sites is 1. The average Bonchev–Trinajstić information content (AvgIpc) is 2.51. The van der Waals surface area contributed by atoms with Crippen LogP contribution in [0.2, 0.25) is 0 Å². The first kappa shape index (κ1) is 17.5. The number of hydrogen-bond acceptors (Lipinski definition) is 3. The highest BCUT2D eigenvalue weighted by Crippen LogP contribution is 2.27. The second-order valence-electron chi connectivity index (χ2n) is 5.22. The van der Waals surface area contributed by atoms with E-state index in [1.807, 2.05) is 25.1 Å². The largest absolute Gasteiger partial charge is 0.481 e. The van der Waals surface area contributed by atoms with E-state index in [-0.39, 0.29) is 5.91 Å². The van der Waals surface area contributed by atoms with Crippen LogP contribution in [-0.2, 0) is 4.79 Å². The highest BCUT2D eigenvalue weighted by Gasteiger charge is 2.17. The lowest BCUT2D eigenvalue weighted by molar-refractivity contribution is -0.127. The molecule has 1 amide bonds. The summed E-state index contributed by atoms with van der Waals surface area (Å²) in [7, 11) is 0. The standard InChI is InChI=1S/C17H27NO3/c1-4-6-9-12-18-17(20)13(3)21-16-11-8-7-10-14(16)15(19)5-2/h7-8,10-11,13,15,19H,4-6,9,12H2,1-3H3,(H,18,20)/t13?,15-/m0/s1. The topological polar surface area (TPSA) is 58.6 Å². The molecule has 0 aliphatic rings. The maximum absolute atomic E-state index is 12.0. The number of carbonyl (C=O) groups is 1. The van der Waals surface area contributed by atoms with Gasteiger partial charge in [0.1, 0.15) is 5.75 Å². The highest BCUT2D eigenvalue weighted by molar-refractivity contribution is 5.80. The molecule has 0 spiro atoms. The molecule has 0 aliphatic heterocycles. The van der Waals surface area contributed by atoms with Gasteiger partial charge in [0.25, 0.3) is 5.91 Å². The van der Waals surface area contributed by atoms with Gasteiger partial charge in [0.2, 0.25) is 0 Å².